The smallest absolute Gasteiger partial charge is 0.244 e. The molecule has 2 rings (SSSR count). The van der Waals surface area contributed by atoms with Crippen molar-refractivity contribution in [2.24, 2.45) is 5.41 Å². The fourth-order valence-electron chi connectivity index (χ4n) is 2.23. The molecule has 1 aliphatic carbocycles. The van der Waals surface area contributed by atoms with Crippen molar-refractivity contribution < 1.29 is 8.42 Å². The zero-order valence-corrected chi connectivity index (χ0v) is 13.1. The number of rotatable bonds is 6. The number of hydrogen-bond acceptors (Lipinski definition) is 4. The van der Waals surface area contributed by atoms with E-state index in [-0.39, 0.29) is 4.90 Å². The standard InChI is InChI=1S/C14H23N3O2S/c1-4-14(8-9-14)10-16-11-6-5-7-12(13(11)15)20(18,19)17(2)3/h5-7,16H,4,8-10,15H2,1-3H3. The van der Waals surface area contributed by atoms with Crippen LogP contribution in [0.4, 0.5) is 11.4 Å². The van der Waals surface area contributed by atoms with Crippen LogP contribution in [0.5, 0.6) is 0 Å². The van der Waals surface area contributed by atoms with Crippen LogP contribution in [0.3, 0.4) is 0 Å². The SMILES string of the molecule is CCC1(CNc2cccc(S(=O)(=O)N(C)C)c2N)CC1. The molecule has 0 heterocycles. The molecule has 0 aromatic heterocycles. The van der Waals surface area contributed by atoms with Crippen LogP contribution in [0.25, 0.3) is 0 Å². The molecule has 1 aliphatic rings. The second kappa shape index (κ2) is 5.26. The van der Waals surface area contributed by atoms with E-state index in [0.29, 0.717) is 16.8 Å². The summed E-state index contributed by atoms with van der Waals surface area (Å²) in [4.78, 5) is 0.161. The van der Waals surface area contributed by atoms with Gasteiger partial charge in [0.25, 0.3) is 0 Å². The molecule has 6 heteroatoms. The van der Waals surface area contributed by atoms with Gasteiger partial charge in [0.15, 0.2) is 0 Å². The number of para-hydroxylation sites is 1. The summed E-state index contributed by atoms with van der Waals surface area (Å²) in [6, 6.07) is 5.10. The van der Waals surface area contributed by atoms with Gasteiger partial charge >= 0.3 is 0 Å². The van der Waals surface area contributed by atoms with Gasteiger partial charge in [0.05, 0.1) is 11.4 Å². The molecule has 112 valence electrons. The predicted molar refractivity (Wildman–Crippen MR) is 82.2 cm³/mol. The highest BCUT2D eigenvalue weighted by molar-refractivity contribution is 7.89. The Hall–Kier alpha value is -1.27. The molecular weight excluding hydrogens is 274 g/mol. The lowest BCUT2D eigenvalue weighted by Gasteiger charge is -2.19. The van der Waals surface area contributed by atoms with E-state index in [0.717, 1.165) is 13.0 Å². The Bertz CT molecular complexity index is 592. The van der Waals surface area contributed by atoms with Crippen LogP contribution in [-0.4, -0.2) is 33.4 Å². The molecule has 0 bridgehead atoms. The summed E-state index contributed by atoms with van der Waals surface area (Å²) in [5.74, 6) is 0. The van der Waals surface area contributed by atoms with Crippen LogP contribution in [0.15, 0.2) is 23.1 Å². The molecule has 20 heavy (non-hydrogen) atoms. The number of hydrogen-bond donors (Lipinski definition) is 2. The van der Waals surface area contributed by atoms with Crippen molar-refractivity contribution in [1.82, 2.24) is 4.31 Å². The maximum absolute atomic E-state index is 12.2. The lowest BCUT2D eigenvalue weighted by atomic mass is 10.0. The molecule has 0 amide bonds. The molecule has 0 radical (unpaired) electrons. The average Bonchev–Trinajstić information content (AvgIpc) is 3.18. The van der Waals surface area contributed by atoms with Gasteiger partial charge in [-0.3, -0.25) is 0 Å². The largest absolute Gasteiger partial charge is 0.396 e. The Labute approximate surface area is 121 Å². The van der Waals surface area contributed by atoms with Crippen LogP contribution in [0, 0.1) is 5.41 Å². The van der Waals surface area contributed by atoms with Crippen molar-refractivity contribution in [3.8, 4) is 0 Å². The van der Waals surface area contributed by atoms with E-state index in [2.05, 4.69) is 12.2 Å². The Kier molecular flexibility index (Phi) is 3.97. The maximum Gasteiger partial charge on any atom is 0.244 e. The van der Waals surface area contributed by atoms with Crippen LogP contribution in [-0.2, 0) is 10.0 Å². The number of nitrogens with one attached hydrogen (secondary N) is 1. The molecule has 1 aromatic carbocycles. The van der Waals surface area contributed by atoms with Gasteiger partial charge in [-0.2, -0.15) is 0 Å². The van der Waals surface area contributed by atoms with Crippen molar-refractivity contribution >= 4 is 21.4 Å². The van der Waals surface area contributed by atoms with Crippen LogP contribution >= 0.6 is 0 Å². The normalized spacial score (nSPS) is 17.2. The summed E-state index contributed by atoms with van der Waals surface area (Å²) in [7, 11) is -0.495. The Morgan fingerprint density at radius 3 is 2.50 bits per heavy atom. The fraction of sp³-hybridized carbons (Fsp3) is 0.571. The number of nitrogens with two attached hydrogens (primary N) is 1. The molecule has 5 nitrogen and oxygen atoms in total. The second-order valence-corrected chi connectivity index (χ2v) is 7.83. The summed E-state index contributed by atoms with van der Waals surface area (Å²) in [5.41, 5.74) is 7.41. The molecule has 3 N–H and O–H groups in total. The van der Waals surface area contributed by atoms with Crippen LogP contribution in [0.1, 0.15) is 26.2 Å². The van der Waals surface area contributed by atoms with Crippen molar-refractivity contribution in [2.75, 3.05) is 31.7 Å². The monoisotopic (exact) mass is 297 g/mol. The number of sulfonamides is 1. The fourth-order valence-corrected chi connectivity index (χ4v) is 3.27. The first kappa shape index (κ1) is 15.1. The van der Waals surface area contributed by atoms with Crippen molar-refractivity contribution in [3.05, 3.63) is 18.2 Å². The summed E-state index contributed by atoms with van der Waals surface area (Å²) in [6.07, 6.45) is 3.59. The first-order chi connectivity index (χ1) is 9.32. The zero-order chi connectivity index (χ0) is 15.0. The van der Waals surface area contributed by atoms with Gasteiger partial charge in [-0.15, -0.1) is 0 Å². The Morgan fingerprint density at radius 2 is 2.00 bits per heavy atom. The molecule has 0 saturated heterocycles. The topological polar surface area (TPSA) is 75.4 Å². The molecule has 0 atom stereocenters. The number of benzene rings is 1. The maximum atomic E-state index is 12.2. The third-order valence-corrected chi connectivity index (χ3v) is 6.06. The second-order valence-electron chi connectivity index (χ2n) is 5.71. The molecule has 1 saturated carbocycles. The molecule has 0 unspecified atom stereocenters. The lowest BCUT2D eigenvalue weighted by Crippen LogP contribution is -2.24. The molecule has 1 aromatic rings. The van der Waals surface area contributed by atoms with Crippen LogP contribution < -0.4 is 11.1 Å². The van der Waals surface area contributed by atoms with Crippen molar-refractivity contribution in [1.29, 1.82) is 0 Å². The number of anilines is 2. The van der Waals surface area contributed by atoms with Gasteiger partial charge in [0.2, 0.25) is 10.0 Å². The Balaban J connectivity index is 2.24. The summed E-state index contributed by atoms with van der Waals surface area (Å²) < 4.78 is 25.6. The third-order valence-electron chi connectivity index (χ3n) is 4.19. The van der Waals surface area contributed by atoms with E-state index in [1.54, 1.807) is 12.1 Å². The number of nitrogen functional groups attached to an aromatic ring is 1. The number of nitrogens with zero attached hydrogens (tertiary/aromatic N) is 1. The highest BCUT2D eigenvalue weighted by Crippen LogP contribution is 2.48. The minimum Gasteiger partial charge on any atom is -0.396 e. The molecular formula is C14H23N3O2S. The summed E-state index contributed by atoms with van der Waals surface area (Å²) in [6.45, 7) is 3.03. The van der Waals surface area contributed by atoms with Crippen molar-refractivity contribution in [2.45, 2.75) is 31.1 Å². The summed E-state index contributed by atoms with van der Waals surface area (Å²) >= 11 is 0. The first-order valence-electron chi connectivity index (χ1n) is 6.87. The zero-order valence-electron chi connectivity index (χ0n) is 12.3. The lowest BCUT2D eigenvalue weighted by molar-refractivity contribution is 0.520. The van der Waals surface area contributed by atoms with E-state index >= 15 is 0 Å². The van der Waals surface area contributed by atoms with E-state index < -0.39 is 10.0 Å². The minimum absolute atomic E-state index is 0.161. The van der Waals surface area contributed by atoms with Crippen molar-refractivity contribution in [3.63, 3.8) is 0 Å². The van der Waals surface area contributed by atoms with Gasteiger partial charge in [-0.1, -0.05) is 13.0 Å². The molecule has 1 fully saturated rings. The highest BCUT2D eigenvalue weighted by Gasteiger charge is 2.40. The average molecular weight is 297 g/mol. The highest BCUT2D eigenvalue weighted by atomic mass is 32.2. The molecule has 0 aliphatic heterocycles. The van der Waals surface area contributed by atoms with Gasteiger partial charge in [0.1, 0.15) is 4.90 Å². The molecule has 0 spiro atoms. The van der Waals surface area contributed by atoms with E-state index in [4.69, 9.17) is 5.73 Å². The summed E-state index contributed by atoms with van der Waals surface area (Å²) in [5, 5.41) is 3.31. The van der Waals surface area contributed by atoms with Gasteiger partial charge < -0.3 is 11.1 Å². The van der Waals surface area contributed by atoms with Crippen LogP contribution in [0.2, 0.25) is 0 Å². The van der Waals surface area contributed by atoms with E-state index in [9.17, 15) is 8.42 Å². The third kappa shape index (κ3) is 2.76. The van der Waals surface area contributed by atoms with Gasteiger partial charge in [-0.25, -0.2) is 12.7 Å². The predicted octanol–water partition coefficient (Wildman–Crippen LogP) is 2.12. The van der Waals surface area contributed by atoms with E-state index in [1.165, 1.54) is 31.2 Å². The quantitative estimate of drug-likeness (QED) is 0.789. The van der Waals surface area contributed by atoms with Gasteiger partial charge in [-0.05, 0) is 36.8 Å². The minimum atomic E-state index is -3.51. The first-order valence-corrected chi connectivity index (χ1v) is 8.31. The van der Waals surface area contributed by atoms with E-state index in [1.807, 2.05) is 6.07 Å². The Morgan fingerprint density at radius 1 is 1.35 bits per heavy atom. The van der Waals surface area contributed by atoms with Gasteiger partial charge in [0, 0.05) is 20.6 Å².